The summed E-state index contributed by atoms with van der Waals surface area (Å²) in [5, 5.41) is 1.14. The predicted octanol–water partition coefficient (Wildman–Crippen LogP) is 4.36. The second-order valence-corrected chi connectivity index (χ2v) is 5.33. The molecular weight excluding hydrogens is 302 g/mol. The number of nitrogens with one attached hydrogen (secondary N) is 1. The second kappa shape index (κ2) is 5.02. The molecule has 0 saturated carbocycles. The number of Topliss-reactive ketones (excluding diaryl/α,β-unsaturated/α-hetero) is 1. The summed E-state index contributed by atoms with van der Waals surface area (Å²) in [6.07, 6.45) is 2.33. The summed E-state index contributed by atoms with van der Waals surface area (Å²) in [4.78, 5) is 15.4. The van der Waals surface area contributed by atoms with Gasteiger partial charge in [-0.2, -0.15) is 0 Å². The van der Waals surface area contributed by atoms with Gasteiger partial charge < -0.3 is 4.98 Å². The summed E-state index contributed by atoms with van der Waals surface area (Å²) in [6, 6.07) is 15.6. The quantitative estimate of drug-likeness (QED) is 0.716. The molecule has 94 valence electrons. The first kappa shape index (κ1) is 12.2. The number of carbonyl (C=O) groups is 1. The van der Waals surface area contributed by atoms with Crippen molar-refractivity contribution in [3.05, 3.63) is 70.3 Å². The van der Waals surface area contributed by atoms with E-state index in [2.05, 4.69) is 27.0 Å². The highest BCUT2D eigenvalue weighted by Gasteiger charge is 2.10. The number of fused-ring (bicyclic) bond motifs is 1. The SMILES string of the molecule is O=C(Cc1ccc2[nH]ccc2c1)c1ccccc1Br. The molecule has 2 nitrogen and oxygen atoms in total. The summed E-state index contributed by atoms with van der Waals surface area (Å²) >= 11 is 3.42. The van der Waals surface area contributed by atoms with Crippen LogP contribution in [-0.4, -0.2) is 10.8 Å². The fourth-order valence-electron chi connectivity index (χ4n) is 2.18. The van der Waals surface area contributed by atoms with Gasteiger partial charge in [0.15, 0.2) is 5.78 Å². The van der Waals surface area contributed by atoms with Gasteiger partial charge in [0.2, 0.25) is 0 Å². The minimum Gasteiger partial charge on any atom is -0.361 e. The minimum atomic E-state index is 0.127. The number of aromatic nitrogens is 1. The zero-order chi connectivity index (χ0) is 13.2. The molecule has 0 radical (unpaired) electrons. The van der Waals surface area contributed by atoms with E-state index in [0.29, 0.717) is 6.42 Å². The van der Waals surface area contributed by atoms with E-state index in [4.69, 9.17) is 0 Å². The number of ketones is 1. The van der Waals surface area contributed by atoms with Crippen LogP contribution in [-0.2, 0) is 6.42 Å². The van der Waals surface area contributed by atoms with Gasteiger partial charge in [0.05, 0.1) is 0 Å². The molecule has 1 N–H and O–H groups in total. The molecule has 3 heteroatoms. The summed E-state index contributed by atoms with van der Waals surface area (Å²) < 4.78 is 0.850. The third-order valence-corrected chi connectivity index (χ3v) is 3.85. The molecule has 1 heterocycles. The molecule has 0 aliphatic heterocycles. The Morgan fingerprint density at radius 3 is 2.79 bits per heavy atom. The van der Waals surface area contributed by atoms with E-state index in [0.717, 1.165) is 26.5 Å². The first-order chi connectivity index (χ1) is 9.24. The molecule has 1 aromatic heterocycles. The van der Waals surface area contributed by atoms with Crippen LogP contribution in [0.1, 0.15) is 15.9 Å². The van der Waals surface area contributed by atoms with Gasteiger partial charge in [0, 0.05) is 28.2 Å². The lowest BCUT2D eigenvalue weighted by atomic mass is 10.0. The van der Waals surface area contributed by atoms with Crippen molar-refractivity contribution in [3.63, 3.8) is 0 Å². The van der Waals surface area contributed by atoms with Crippen LogP contribution in [0.3, 0.4) is 0 Å². The average molecular weight is 314 g/mol. The normalized spacial score (nSPS) is 10.8. The van der Waals surface area contributed by atoms with Crippen molar-refractivity contribution in [2.24, 2.45) is 0 Å². The molecule has 0 aliphatic carbocycles. The van der Waals surface area contributed by atoms with Gasteiger partial charge in [-0.05, 0) is 35.2 Å². The summed E-state index contributed by atoms with van der Waals surface area (Å²) in [7, 11) is 0. The van der Waals surface area contributed by atoms with Gasteiger partial charge in [-0.1, -0.05) is 40.2 Å². The van der Waals surface area contributed by atoms with Crippen molar-refractivity contribution in [3.8, 4) is 0 Å². The maximum absolute atomic E-state index is 12.3. The lowest BCUT2D eigenvalue weighted by molar-refractivity contribution is 0.0992. The average Bonchev–Trinajstić information content (AvgIpc) is 2.86. The van der Waals surface area contributed by atoms with E-state index >= 15 is 0 Å². The van der Waals surface area contributed by atoms with Gasteiger partial charge in [0.1, 0.15) is 0 Å². The zero-order valence-corrected chi connectivity index (χ0v) is 11.8. The molecule has 0 saturated heterocycles. The highest BCUT2D eigenvalue weighted by molar-refractivity contribution is 9.10. The first-order valence-electron chi connectivity index (χ1n) is 6.08. The molecule has 0 fully saturated rings. The fraction of sp³-hybridized carbons (Fsp3) is 0.0625. The topological polar surface area (TPSA) is 32.9 Å². The van der Waals surface area contributed by atoms with Gasteiger partial charge in [0.25, 0.3) is 0 Å². The van der Waals surface area contributed by atoms with E-state index in [1.165, 1.54) is 0 Å². The Labute approximate surface area is 119 Å². The molecule has 19 heavy (non-hydrogen) atoms. The smallest absolute Gasteiger partial charge is 0.168 e. The Hall–Kier alpha value is -1.87. The van der Waals surface area contributed by atoms with Gasteiger partial charge in [-0.15, -0.1) is 0 Å². The Bertz CT molecular complexity index is 745. The standard InChI is InChI=1S/C16H12BrNO/c17-14-4-2-1-3-13(14)16(19)10-11-5-6-15-12(9-11)7-8-18-15/h1-9,18H,10H2. The van der Waals surface area contributed by atoms with E-state index in [1.807, 2.05) is 48.7 Å². The van der Waals surface area contributed by atoms with Crippen molar-refractivity contribution in [2.75, 3.05) is 0 Å². The van der Waals surface area contributed by atoms with E-state index in [9.17, 15) is 4.79 Å². The maximum Gasteiger partial charge on any atom is 0.168 e. The first-order valence-corrected chi connectivity index (χ1v) is 6.87. The largest absolute Gasteiger partial charge is 0.361 e. The van der Waals surface area contributed by atoms with Crippen LogP contribution in [0.5, 0.6) is 0 Å². The summed E-state index contributed by atoms with van der Waals surface area (Å²) in [5.41, 5.74) is 2.86. The highest BCUT2D eigenvalue weighted by Crippen LogP contribution is 2.20. The van der Waals surface area contributed by atoms with Gasteiger partial charge in [-0.3, -0.25) is 4.79 Å². The number of benzene rings is 2. The zero-order valence-electron chi connectivity index (χ0n) is 10.2. The molecule has 3 rings (SSSR count). The summed E-state index contributed by atoms with van der Waals surface area (Å²) in [6.45, 7) is 0. The number of hydrogen-bond donors (Lipinski definition) is 1. The molecule has 0 spiro atoms. The Morgan fingerprint density at radius 1 is 1.11 bits per heavy atom. The molecule has 0 bridgehead atoms. The minimum absolute atomic E-state index is 0.127. The lowest BCUT2D eigenvalue weighted by Crippen LogP contribution is -2.04. The summed E-state index contributed by atoms with van der Waals surface area (Å²) in [5.74, 6) is 0.127. The number of carbonyl (C=O) groups excluding carboxylic acids is 1. The van der Waals surface area contributed by atoms with Crippen molar-refractivity contribution in [2.45, 2.75) is 6.42 Å². The van der Waals surface area contributed by atoms with E-state index in [1.54, 1.807) is 0 Å². The van der Waals surface area contributed by atoms with Crippen molar-refractivity contribution in [1.82, 2.24) is 4.98 Å². The van der Waals surface area contributed by atoms with Crippen molar-refractivity contribution >= 4 is 32.6 Å². The Kier molecular flexibility index (Phi) is 3.22. The molecule has 0 unspecified atom stereocenters. The third-order valence-electron chi connectivity index (χ3n) is 3.16. The van der Waals surface area contributed by atoms with Crippen LogP contribution < -0.4 is 0 Å². The third kappa shape index (κ3) is 2.47. The number of aromatic amines is 1. The molecule has 0 amide bonds. The van der Waals surface area contributed by atoms with Crippen LogP contribution >= 0.6 is 15.9 Å². The molecule has 3 aromatic rings. The lowest BCUT2D eigenvalue weighted by Gasteiger charge is -2.04. The van der Waals surface area contributed by atoms with Crippen LogP contribution in [0.25, 0.3) is 10.9 Å². The number of hydrogen-bond acceptors (Lipinski definition) is 1. The fourth-order valence-corrected chi connectivity index (χ4v) is 2.69. The molecule has 0 atom stereocenters. The molecule has 2 aromatic carbocycles. The second-order valence-electron chi connectivity index (χ2n) is 4.48. The Morgan fingerprint density at radius 2 is 1.95 bits per heavy atom. The van der Waals surface area contributed by atoms with Crippen LogP contribution in [0.2, 0.25) is 0 Å². The highest BCUT2D eigenvalue weighted by atomic mass is 79.9. The van der Waals surface area contributed by atoms with Crippen molar-refractivity contribution < 1.29 is 4.79 Å². The maximum atomic E-state index is 12.3. The van der Waals surface area contributed by atoms with Crippen LogP contribution in [0.4, 0.5) is 0 Å². The van der Waals surface area contributed by atoms with Gasteiger partial charge in [-0.25, -0.2) is 0 Å². The van der Waals surface area contributed by atoms with E-state index < -0.39 is 0 Å². The molecule has 0 aliphatic rings. The van der Waals surface area contributed by atoms with E-state index in [-0.39, 0.29) is 5.78 Å². The predicted molar refractivity (Wildman–Crippen MR) is 80.5 cm³/mol. The van der Waals surface area contributed by atoms with Crippen molar-refractivity contribution in [1.29, 1.82) is 0 Å². The van der Waals surface area contributed by atoms with Crippen LogP contribution in [0, 0.1) is 0 Å². The number of H-pyrrole nitrogens is 1. The number of halogens is 1. The Balaban J connectivity index is 1.88. The van der Waals surface area contributed by atoms with Crippen LogP contribution in [0.15, 0.2) is 59.2 Å². The monoisotopic (exact) mass is 313 g/mol. The number of rotatable bonds is 3. The molecular formula is C16H12BrNO. The van der Waals surface area contributed by atoms with Gasteiger partial charge >= 0.3 is 0 Å².